The van der Waals surface area contributed by atoms with Gasteiger partial charge in [0.15, 0.2) is 23.0 Å². The molecule has 2 aromatic carbocycles. The van der Waals surface area contributed by atoms with Crippen molar-refractivity contribution in [2.24, 2.45) is 0 Å². The van der Waals surface area contributed by atoms with Crippen molar-refractivity contribution in [1.29, 1.82) is 0 Å². The number of fused-ring (bicyclic) bond motifs is 1. The Morgan fingerprint density at radius 3 is 2.45 bits per heavy atom. The van der Waals surface area contributed by atoms with Crippen LogP contribution < -0.4 is 20.0 Å². The maximum absolute atomic E-state index is 15.5. The van der Waals surface area contributed by atoms with Crippen LogP contribution in [0.3, 0.4) is 0 Å². The topological polar surface area (TPSA) is 119 Å². The van der Waals surface area contributed by atoms with E-state index < -0.39 is 23.2 Å². The average molecular weight is 542 g/mol. The number of anilines is 2. The number of nitrogens with zero attached hydrogens (tertiary/aromatic N) is 7. The normalized spacial score (nSPS) is 13.5. The predicted octanol–water partition coefficient (Wildman–Crippen LogP) is 3.55. The molecule has 1 aliphatic heterocycles. The van der Waals surface area contributed by atoms with Crippen molar-refractivity contribution in [1.82, 2.24) is 24.3 Å². The molecule has 1 N–H and O–H groups in total. The van der Waals surface area contributed by atoms with E-state index in [-0.39, 0.29) is 16.9 Å². The van der Waals surface area contributed by atoms with Gasteiger partial charge in [-0.15, -0.1) is 0 Å². The van der Waals surface area contributed by atoms with Crippen molar-refractivity contribution in [3.63, 3.8) is 0 Å². The summed E-state index contributed by atoms with van der Waals surface area (Å²) in [6.07, 6.45) is 2.65. The van der Waals surface area contributed by atoms with Gasteiger partial charge in [0.2, 0.25) is 5.43 Å². The van der Waals surface area contributed by atoms with E-state index in [2.05, 4.69) is 20.0 Å². The van der Waals surface area contributed by atoms with Gasteiger partial charge in [0.05, 0.1) is 18.1 Å². The number of piperazine rings is 1. The third-order valence-electron chi connectivity index (χ3n) is 6.78. The number of hydrogen-bond acceptors (Lipinski definition) is 8. The van der Waals surface area contributed by atoms with Gasteiger partial charge >= 0.3 is 6.16 Å². The van der Waals surface area contributed by atoms with Gasteiger partial charge in [0, 0.05) is 37.6 Å². The molecule has 0 aliphatic carbocycles. The Bertz CT molecular complexity index is 1730. The van der Waals surface area contributed by atoms with Crippen LogP contribution in [0.25, 0.3) is 16.7 Å². The number of pyridine rings is 2. The van der Waals surface area contributed by atoms with Gasteiger partial charge in [0.25, 0.3) is 0 Å². The molecule has 0 unspecified atom stereocenters. The zero-order valence-electron chi connectivity index (χ0n) is 21.2. The van der Waals surface area contributed by atoms with Crippen LogP contribution >= 0.6 is 0 Å². The van der Waals surface area contributed by atoms with E-state index in [9.17, 15) is 14.7 Å². The Kier molecular flexibility index (Phi) is 6.56. The van der Waals surface area contributed by atoms with Gasteiger partial charge in [-0.1, -0.05) is 30.3 Å². The molecular weight excluding hydrogens is 517 g/mol. The number of benzene rings is 2. The van der Waals surface area contributed by atoms with Gasteiger partial charge in [-0.05, 0) is 35.9 Å². The largest absolute Gasteiger partial charge is 0.511 e. The summed E-state index contributed by atoms with van der Waals surface area (Å²) >= 11 is 0. The summed E-state index contributed by atoms with van der Waals surface area (Å²) in [7, 11) is 0. The molecule has 0 spiro atoms. The molecule has 5 aromatic rings. The number of rotatable bonds is 6. The van der Waals surface area contributed by atoms with E-state index in [1.165, 1.54) is 12.5 Å². The molecule has 0 radical (unpaired) electrons. The smallest absolute Gasteiger partial charge is 0.449 e. The number of para-hydroxylation sites is 1. The quantitative estimate of drug-likeness (QED) is 0.322. The molecule has 0 atom stereocenters. The number of aromatic nitrogens is 5. The van der Waals surface area contributed by atoms with Crippen molar-refractivity contribution >= 4 is 28.7 Å². The summed E-state index contributed by atoms with van der Waals surface area (Å²) in [5, 5.41) is 13.2. The average Bonchev–Trinajstić information content (AvgIpc) is 3.48. The minimum Gasteiger partial charge on any atom is -0.449 e. The molecular formula is C28H24FN7O4. The summed E-state index contributed by atoms with van der Waals surface area (Å²) in [5.74, 6) is -0.997. The molecule has 0 bridgehead atoms. The monoisotopic (exact) mass is 541 g/mol. The number of carbonyl (C=O) groups is 1. The molecule has 11 nitrogen and oxygen atoms in total. The summed E-state index contributed by atoms with van der Waals surface area (Å²) < 4.78 is 23.4. The Balaban J connectivity index is 1.41. The summed E-state index contributed by atoms with van der Waals surface area (Å²) in [4.78, 5) is 37.1. The molecule has 40 heavy (non-hydrogen) atoms. The van der Waals surface area contributed by atoms with Crippen molar-refractivity contribution in [2.75, 3.05) is 36.0 Å². The zero-order chi connectivity index (χ0) is 27.6. The van der Waals surface area contributed by atoms with Crippen molar-refractivity contribution < 1.29 is 19.0 Å². The maximum atomic E-state index is 15.5. The van der Waals surface area contributed by atoms with E-state index in [0.29, 0.717) is 38.4 Å². The van der Waals surface area contributed by atoms with Crippen molar-refractivity contribution in [3.05, 3.63) is 101 Å². The second-order valence-corrected chi connectivity index (χ2v) is 9.30. The Labute approximate surface area is 227 Å². The van der Waals surface area contributed by atoms with Gasteiger partial charge in [-0.25, -0.2) is 23.8 Å². The lowest BCUT2D eigenvalue weighted by Gasteiger charge is -2.36. The van der Waals surface area contributed by atoms with Crippen LogP contribution in [0.4, 0.5) is 20.7 Å². The second kappa shape index (κ2) is 10.5. The van der Waals surface area contributed by atoms with Gasteiger partial charge in [-0.3, -0.25) is 9.36 Å². The molecule has 0 amide bonds. The number of ether oxygens (including phenoxy) is 1. The minimum atomic E-state index is -1.65. The summed E-state index contributed by atoms with van der Waals surface area (Å²) in [5.41, 5.74) is 1.97. The lowest BCUT2D eigenvalue weighted by Crippen LogP contribution is -2.47. The fraction of sp³-hybridized carbons (Fsp3) is 0.179. The SMILES string of the molecule is O=C(O)Oc1cn(-c2cccc(Cn3cncn3)c2)c2nc(N3CCN(c4ccccc4)CC3)c(F)cc2c1=O. The van der Waals surface area contributed by atoms with E-state index in [0.717, 1.165) is 17.3 Å². The highest BCUT2D eigenvalue weighted by Crippen LogP contribution is 2.27. The zero-order valence-corrected chi connectivity index (χ0v) is 21.2. The highest BCUT2D eigenvalue weighted by atomic mass is 19.1. The molecule has 6 rings (SSSR count). The molecule has 1 aliphatic rings. The molecule has 0 saturated carbocycles. The van der Waals surface area contributed by atoms with Crippen LogP contribution in [0.15, 0.2) is 84.3 Å². The lowest BCUT2D eigenvalue weighted by atomic mass is 10.1. The van der Waals surface area contributed by atoms with Gasteiger partial charge < -0.3 is 19.6 Å². The Morgan fingerprint density at radius 2 is 1.73 bits per heavy atom. The molecule has 1 saturated heterocycles. The fourth-order valence-electron chi connectivity index (χ4n) is 4.90. The standard InChI is InChI=1S/C28H24FN7O4/c29-23-14-22-25(37)24(40-28(38)39)16-36(21-8-4-5-19(13-21)15-35-18-30-17-31-35)26(22)32-27(23)34-11-9-33(10-12-34)20-6-2-1-3-7-20/h1-8,13-14,16-18H,9-12,15H2,(H,38,39). The van der Waals surface area contributed by atoms with Crippen LogP contribution in [0.1, 0.15) is 5.56 Å². The maximum Gasteiger partial charge on any atom is 0.511 e. The van der Waals surface area contributed by atoms with Gasteiger partial charge in [0.1, 0.15) is 12.7 Å². The van der Waals surface area contributed by atoms with Gasteiger partial charge in [-0.2, -0.15) is 5.10 Å². The second-order valence-electron chi connectivity index (χ2n) is 9.30. The highest BCUT2D eigenvalue weighted by molar-refractivity contribution is 5.81. The third-order valence-corrected chi connectivity index (χ3v) is 6.78. The van der Waals surface area contributed by atoms with Crippen LogP contribution in [-0.4, -0.2) is 61.8 Å². The van der Waals surface area contributed by atoms with E-state index >= 15 is 4.39 Å². The summed E-state index contributed by atoms with van der Waals surface area (Å²) in [6, 6.07) is 18.4. The third kappa shape index (κ3) is 4.94. The van der Waals surface area contributed by atoms with E-state index in [1.54, 1.807) is 21.6 Å². The number of hydrogen-bond donors (Lipinski definition) is 1. The van der Waals surface area contributed by atoms with Crippen molar-refractivity contribution in [2.45, 2.75) is 6.54 Å². The first-order valence-corrected chi connectivity index (χ1v) is 12.6. The Morgan fingerprint density at radius 1 is 0.975 bits per heavy atom. The van der Waals surface area contributed by atoms with E-state index in [1.807, 2.05) is 53.4 Å². The number of carboxylic acid groups (broad SMARTS) is 1. The first-order chi connectivity index (χ1) is 19.5. The molecule has 202 valence electrons. The van der Waals surface area contributed by atoms with Crippen molar-refractivity contribution in [3.8, 4) is 11.4 Å². The molecule has 1 fully saturated rings. The predicted molar refractivity (Wildman–Crippen MR) is 146 cm³/mol. The van der Waals surface area contributed by atoms with Crippen LogP contribution in [0.2, 0.25) is 0 Å². The van der Waals surface area contributed by atoms with Crippen LogP contribution in [0.5, 0.6) is 5.75 Å². The Hall–Kier alpha value is -5.26. The molecule has 12 heteroatoms. The lowest BCUT2D eigenvalue weighted by molar-refractivity contribution is 0.144. The molecule has 3 aromatic heterocycles. The first kappa shape index (κ1) is 25.0. The van der Waals surface area contributed by atoms with Crippen LogP contribution in [-0.2, 0) is 6.54 Å². The minimum absolute atomic E-state index is 0.0930. The first-order valence-electron chi connectivity index (χ1n) is 12.6. The molecule has 4 heterocycles. The summed E-state index contributed by atoms with van der Waals surface area (Å²) in [6.45, 7) is 2.84. The number of halogens is 1. The fourth-order valence-corrected chi connectivity index (χ4v) is 4.90. The van der Waals surface area contributed by atoms with E-state index in [4.69, 9.17) is 4.74 Å². The van der Waals surface area contributed by atoms with Crippen LogP contribution in [0, 0.1) is 5.82 Å². The highest BCUT2D eigenvalue weighted by Gasteiger charge is 2.24.